The van der Waals surface area contributed by atoms with Crippen LogP contribution in [0.25, 0.3) is 10.8 Å². The maximum Gasteiger partial charge on any atom is 0.346 e. The van der Waals surface area contributed by atoms with Crippen molar-refractivity contribution in [2.24, 2.45) is 14.1 Å². The number of fused-ring (bicyclic) bond motifs is 1. The lowest BCUT2D eigenvalue weighted by Gasteiger charge is -2.11. The monoisotopic (exact) mass is 346 g/mol. The second-order valence-electron chi connectivity index (χ2n) is 5.27. The molecular weight excluding hydrogens is 332 g/mol. The highest BCUT2D eigenvalue weighted by atomic mass is 32.2. The van der Waals surface area contributed by atoms with Crippen LogP contribution in [0.4, 0.5) is 0 Å². The summed E-state index contributed by atoms with van der Waals surface area (Å²) in [4.78, 5) is 23.2. The summed E-state index contributed by atoms with van der Waals surface area (Å²) in [5.41, 5.74) is -1.55. The van der Waals surface area contributed by atoms with Crippen molar-refractivity contribution in [2.45, 2.75) is 4.90 Å². The first-order chi connectivity index (χ1) is 11.3. The number of aromatic nitrogens is 2. The van der Waals surface area contributed by atoms with Crippen molar-refractivity contribution in [1.29, 1.82) is 0 Å². The number of hydrogen-bond acceptors (Lipinski definition) is 5. The molecule has 24 heavy (non-hydrogen) atoms. The molecule has 1 aromatic heterocycles. The molecule has 0 fully saturated rings. The minimum atomic E-state index is -4.39. The molecule has 0 bridgehead atoms. The summed E-state index contributed by atoms with van der Waals surface area (Å²) in [6.07, 6.45) is 0.963. The van der Waals surface area contributed by atoms with Crippen molar-refractivity contribution >= 4 is 20.9 Å². The van der Waals surface area contributed by atoms with Gasteiger partial charge in [0, 0.05) is 25.7 Å². The zero-order valence-electron chi connectivity index (χ0n) is 13.0. The van der Waals surface area contributed by atoms with Gasteiger partial charge in [-0.25, -0.2) is 4.79 Å². The Hall–Kier alpha value is -2.87. The molecule has 0 aliphatic heterocycles. The molecule has 0 spiro atoms. The fourth-order valence-corrected chi connectivity index (χ4v) is 3.49. The van der Waals surface area contributed by atoms with Crippen molar-refractivity contribution in [1.82, 2.24) is 9.13 Å². The Morgan fingerprint density at radius 2 is 1.62 bits per heavy atom. The average molecular weight is 346 g/mol. The molecule has 0 radical (unpaired) electrons. The Kier molecular flexibility index (Phi) is 3.76. The zero-order chi connectivity index (χ0) is 17.5. The largest absolute Gasteiger partial charge is 0.378 e. The molecule has 7 nitrogen and oxygen atoms in total. The molecule has 3 rings (SSSR count). The Morgan fingerprint density at radius 3 is 2.38 bits per heavy atom. The standard InChI is InChI=1S/C16H14N2O5S/c1-17-10-14(15(19)18(2)16(17)20)24(21,22)23-13-9-5-7-11-6-3-4-8-12(11)13/h3-10H,1-2H3. The van der Waals surface area contributed by atoms with Gasteiger partial charge in [0.2, 0.25) is 0 Å². The van der Waals surface area contributed by atoms with Crippen molar-refractivity contribution in [2.75, 3.05) is 0 Å². The number of aryl methyl sites for hydroxylation is 1. The smallest absolute Gasteiger partial charge is 0.346 e. The van der Waals surface area contributed by atoms with Crippen LogP contribution < -0.4 is 15.4 Å². The lowest BCUT2D eigenvalue weighted by atomic mass is 10.1. The summed E-state index contributed by atoms with van der Waals surface area (Å²) < 4.78 is 32.0. The number of rotatable bonds is 3. The van der Waals surface area contributed by atoms with E-state index in [1.54, 1.807) is 18.2 Å². The quantitative estimate of drug-likeness (QED) is 0.661. The predicted octanol–water partition coefficient (Wildman–Crippen LogP) is 1.00. The zero-order valence-corrected chi connectivity index (χ0v) is 13.8. The van der Waals surface area contributed by atoms with Crippen molar-refractivity contribution in [3.8, 4) is 5.75 Å². The Balaban J connectivity index is 2.16. The third kappa shape index (κ3) is 2.61. The number of hydrogen-bond donors (Lipinski definition) is 0. The van der Waals surface area contributed by atoms with E-state index < -0.39 is 26.3 Å². The molecule has 0 aliphatic carbocycles. The minimum absolute atomic E-state index is 0.115. The first-order valence-electron chi connectivity index (χ1n) is 7.00. The highest BCUT2D eigenvalue weighted by molar-refractivity contribution is 7.87. The second-order valence-corrected chi connectivity index (χ2v) is 6.78. The molecule has 0 atom stereocenters. The summed E-state index contributed by atoms with van der Waals surface area (Å²) in [6.45, 7) is 0. The van der Waals surface area contributed by atoms with Crippen LogP contribution in [-0.2, 0) is 24.2 Å². The Labute approximate surface area is 137 Å². The fourth-order valence-electron chi connectivity index (χ4n) is 2.38. The highest BCUT2D eigenvalue weighted by Crippen LogP contribution is 2.27. The summed E-state index contributed by atoms with van der Waals surface area (Å²) in [6, 6.07) is 12.1. The van der Waals surface area contributed by atoms with Crippen LogP contribution in [0.15, 0.2) is 63.1 Å². The fraction of sp³-hybridized carbons (Fsp3) is 0.125. The lowest BCUT2D eigenvalue weighted by Crippen LogP contribution is -2.39. The molecule has 2 aromatic carbocycles. The van der Waals surface area contributed by atoms with E-state index in [2.05, 4.69) is 0 Å². The van der Waals surface area contributed by atoms with Crippen LogP contribution in [0.1, 0.15) is 0 Å². The summed E-state index contributed by atoms with van der Waals surface area (Å²) in [5, 5.41) is 1.41. The summed E-state index contributed by atoms with van der Waals surface area (Å²) >= 11 is 0. The van der Waals surface area contributed by atoms with Gasteiger partial charge in [-0.2, -0.15) is 8.42 Å². The maximum absolute atomic E-state index is 12.5. The van der Waals surface area contributed by atoms with Gasteiger partial charge in [0.15, 0.2) is 10.6 Å². The molecule has 3 aromatic rings. The normalized spacial score (nSPS) is 11.6. The third-order valence-corrected chi connectivity index (χ3v) is 4.85. The van der Waals surface area contributed by atoms with Gasteiger partial charge in [0.25, 0.3) is 5.56 Å². The van der Waals surface area contributed by atoms with E-state index in [9.17, 15) is 18.0 Å². The van der Waals surface area contributed by atoms with Gasteiger partial charge >= 0.3 is 15.8 Å². The first kappa shape index (κ1) is 16.0. The van der Waals surface area contributed by atoms with Crippen LogP contribution >= 0.6 is 0 Å². The van der Waals surface area contributed by atoms with Crippen LogP contribution in [-0.4, -0.2) is 17.6 Å². The van der Waals surface area contributed by atoms with E-state index >= 15 is 0 Å². The van der Waals surface area contributed by atoms with E-state index in [1.807, 2.05) is 18.2 Å². The average Bonchev–Trinajstić information content (AvgIpc) is 2.56. The second kappa shape index (κ2) is 5.64. The van der Waals surface area contributed by atoms with Gasteiger partial charge in [-0.15, -0.1) is 0 Å². The van der Waals surface area contributed by atoms with Crippen molar-refractivity contribution in [3.05, 3.63) is 69.5 Å². The van der Waals surface area contributed by atoms with Gasteiger partial charge in [-0.3, -0.25) is 9.36 Å². The van der Waals surface area contributed by atoms with E-state index in [4.69, 9.17) is 4.18 Å². The molecule has 124 valence electrons. The van der Waals surface area contributed by atoms with E-state index in [0.717, 1.165) is 20.7 Å². The lowest BCUT2D eigenvalue weighted by molar-refractivity contribution is 0.483. The van der Waals surface area contributed by atoms with Gasteiger partial charge in [0.05, 0.1) is 0 Å². The molecule has 8 heteroatoms. The number of benzene rings is 2. The molecule has 1 heterocycles. The minimum Gasteiger partial charge on any atom is -0.378 e. The van der Waals surface area contributed by atoms with Gasteiger partial charge in [-0.05, 0) is 11.5 Å². The molecular formula is C16H14N2O5S. The van der Waals surface area contributed by atoms with E-state index in [-0.39, 0.29) is 5.75 Å². The topological polar surface area (TPSA) is 87.4 Å². The van der Waals surface area contributed by atoms with Gasteiger partial charge < -0.3 is 8.75 Å². The van der Waals surface area contributed by atoms with Crippen molar-refractivity contribution in [3.63, 3.8) is 0 Å². The van der Waals surface area contributed by atoms with E-state index in [0.29, 0.717) is 5.39 Å². The highest BCUT2D eigenvalue weighted by Gasteiger charge is 2.24. The van der Waals surface area contributed by atoms with Crippen LogP contribution in [0.2, 0.25) is 0 Å². The predicted molar refractivity (Wildman–Crippen MR) is 88.7 cm³/mol. The molecule has 0 saturated heterocycles. The van der Waals surface area contributed by atoms with Crippen molar-refractivity contribution < 1.29 is 12.6 Å². The molecule has 0 N–H and O–H groups in total. The molecule has 0 saturated carbocycles. The molecule has 0 unspecified atom stereocenters. The molecule has 0 amide bonds. The molecule has 0 aliphatic rings. The summed E-state index contributed by atoms with van der Waals surface area (Å²) in [5.74, 6) is 0.115. The third-order valence-electron chi connectivity index (χ3n) is 3.63. The summed E-state index contributed by atoms with van der Waals surface area (Å²) in [7, 11) is -1.82. The number of nitrogens with zero attached hydrogens (tertiary/aromatic N) is 2. The Morgan fingerprint density at radius 1 is 0.958 bits per heavy atom. The van der Waals surface area contributed by atoms with Gasteiger partial charge in [-0.1, -0.05) is 36.4 Å². The van der Waals surface area contributed by atoms with E-state index in [1.165, 1.54) is 20.2 Å². The van der Waals surface area contributed by atoms with Crippen LogP contribution in [0.3, 0.4) is 0 Å². The van der Waals surface area contributed by atoms with Crippen LogP contribution in [0.5, 0.6) is 5.75 Å². The first-order valence-corrected chi connectivity index (χ1v) is 8.41. The Bertz CT molecular complexity index is 1150. The SMILES string of the molecule is Cn1cc(S(=O)(=O)Oc2cccc3ccccc23)c(=O)n(C)c1=O. The maximum atomic E-state index is 12.5. The van der Waals surface area contributed by atoms with Gasteiger partial charge in [0.1, 0.15) is 0 Å². The van der Waals surface area contributed by atoms with Crippen LogP contribution in [0, 0.1) is 0 Å².